The molecular weight excluding hydrogens is 276 g/mol. The Balaban J connectivity index is 2.02. The standard InChI is InChI=1S/C14H17ClN4O/c1-3-4-12-18-11(15)7-13(19-12)16-8-10-5-6-14(20-2)17-9-10/h5-7,9H,3-4,8H2,1-2H3,(H,16,18,19). The van der Waals surface area contributed by atoms with Gasteiger partial charge in [-0.25, -0.2) is 15.0 Å². The fourth-order valence-electron chi connectivity index (χ4n) is 1.72. The number of aromatic nitrogens is 3. The number of rotatable bonds is 6. The Morgan fingerprint density at radius 1 is 1.30 bits per heavy atom. The molecule has 2 aromatic heterocycles. The van der Waals surface area contributed by atoms with Crippen molar-refractivity contribution in [3.05, 3.63) is 40.9 Å². The van der Waals surface area contributed by atoms with Crippen LogP contribution in [-0.4, -0.2) is 22.1 Å². The van der Waals surface area contributed by atoms with Gasteiger partial charge in [-0.05, 0) is 12.0 Å². The summed E-state index contributed by atoms with van der Waals surface area (Å²) in [6, 6.07) is 5.50. The number of nitrogens with one attached hydrogen (secondary N) is 1. The van der Waals surface area contributed by atoms with Gasteiger partial charge < -0.3 is 10.1 Å². The summed E-state index contributed by atoms with van der Waals surface area (Å²) >= 11 is 5.99. The van der Waals surface area contributed by atoms with Crippen molar-refractivity contribution in [2.75, 3.05) is 12.4 Å². The molecule has 20 heavy (non-hydrogen) atoms. The number of hydrogen-bond acceptors (Lipinski definition) is 5. The molecule has 0 fully saturated rings. The summed E-state index contributed by atoms with van der Waals surface area (Å²) in [4.78, 5) is 12.8. The number of hydrogen-bond donors (Lipinski definition) is 1. The van der Waals surface area contributed by atoms with E-state index in [0.717, 1.165) is 30.0 Å². The Kier molecular flexibility index (Phi) is 5.12. The number of aryl methyl sites for hydroxylation is 1. The highest BCUT2D eigenvalue weighted by atomic mass is 35.5. The summed E-state index contributed by atoms with van der Waals surface area (Å²) < 4.78 is 5.02. The van der Waals surface area contributed by atoms with Crippen LogP contribution in [0.15, 0.2) is 24.4 Å². The van der Waals surface area contributed by atoms with Gasteiger partial charge in [-0.3, -0.25) is 0 Å². The molecule has 1 N–H and O–H groups in total. The van der Waals surface area contributed by atoms with Gasteiger partial charge in [0.25, 0.3) is 0 Å². The van der Waals surface area contributed by atoms with E-state index in [1.165, 1.54) is 0 Å². The Morgan fingerprint density at radius 2 is 2.15 bits per heavy atom. The third kappa shape index (κ3) is 4.06. The van der Waals surface area contributed by atoms with Crippen molar-refractivity contribution in [2.45, 2.75) is 26.3 Å². The van der Waals surface area contributed by atoms with E-state index in [4.69, 9.17) is 16.3 Å². The van der Waals surface area contributed by atoms with Gasteiger partial charge >= 0.3 is 0 Å². The summed E-state index contributed by atoms with van der Waals surface area (Å²) in [6.45, 7) is 2.70. The predicted octanol–water partition coefficient (Wildman–Crippen LogP) is 3.10. The highest BCUT2D eigenvalue weighted by Gasteiger charge is 2.03. The lowest BCUT2D eigenvalue weighted by atomic mass is 10.3. The molecular formula is C14H17ClN4O. The monoisotopic (exact) mass is 292 g/mol. The van der Waals surface area contributed by atoms with Crippen LogP contribution in [0.5, 0.6) is 5.88 Å². The molecule has 0 unspecified atom stereocenters. The van der Waals surface area contributed by atoms with Gasteiger partial charge in [0.15, 0.2) is 0 Å². The molecule has 6 heteroatoms. The molecule has 2 heterocycles. The maximum atomic E-state index is 5.99. The average molecular weight is 293 g/mol. The fourth-order valence-corrected chi connectivity index (χ4v) is 1.92. The molecule has 0 aliphatic rings. The number of halogens is 1. The lowest BCUT2D eigenvalue weighted by Gasteiger charge is -2.08. The summed E-state index contributed by atoms with van der Waals surface area (Å²) in [6.07, 6.45) is 3.57. The SMILES string of the molecule is CCCc1nc(Cl)cc(NCc2ccc(OC)nc2)n1. The molecule has 0 spiro atoms. The van der Waals surface area contributed by atoms with Crippen molar-refractivity contribution in [3.8, 4) is 5.88 Å². The molecule has 0 atom stereocenters. The molecule has 106 valence electrons. The second-order valence-electron chi connectivity index (χ2n) is 4.30. The molecule has 0 aliphatic carbocycles. The third-order valence-corrected chi connectivity index (χ3v) is 2.89. The first-order valence-electron chi connectivity index (χ1n) is 6.47. The van der Waals surface area contributed by atoms with Crippen LogP contribution in [0, 0.1) is 0 Å². The van der Waals surface area contributed by atoms with Gasteiger partial charge in [0.1, 0.15) is 16.8 Å². The Hall–Kier alpha value is -1.88. The molecule has 0 aromatic carbocycles. The zero-order valence-electron chi connectivity index (χ0n) is 11.6. The Labute approximate surface area is 123 Å². The summed E-state index contributed by atoms with van der Waals surface area (Å²) in [7, 11) is 1.60. The largest absolute Gasteiger partial charge is 0.481 e. The number of methoxy groups -OCH3 is 1. The van der Waals surface area contributed by atoms with Gasteiger partial charge in [-0.1, -0.05) is 24.6 Å². The van der Waals surface area contributed by atoms with Crippen molar-refractivity contribution in [1.29, 1.82) is 0 Å². The van der Waals surface area contributed by atoms with Crippen molar-refractivity contribution < 1.29 is 4.74 Å². The normalized spacial score (nSPS) is 10.3. The molecule has 0 aliphatic heterocycles. The number of nitrogens with zero attached hydrogens (tertiary/aromatic N) is 3. The van der Waals surface area contributed by atoms with Crippen LogP contribution < -0.4 is 10.1 Å². The van der Waals surface area contributed by atoms with Crippen LogP contribution in [0.4, 0.5) is 5.82 Å². The van der Waals surface area contributed by atoms with Crippen LogP contribution in [0.1, 0.15) is 24.7 Å². The topological polar surface area (TPSA) is 59.9 Å². The van der Waals surface area contributed by atoms with E-state index >= 15 is 0 Å². The van der Waals surface area contributed by atoms with Gasteiger partial charge in [-0.2, -0.15) is 0 Å². The third-order valence-electron chi connectivity index (χ3n) is 2.70. The Morgan fingerprint density at radius 3 is 2.80 bits per heavy atom. The molecule has 2 aromatic rings. The molecule has 0 amide bonds. The maximum Gasteiger partial charge on any atom is 0.212 e. The molecule has 5 nitrogen and oxygen atoms in total. The molecule has 0 saturated carbocycles. The molecule has 0 radical (unpaired) electrons. The van der Waals surface area contributed by atoms with E-state index in [9.17, 15) is 0 Å². The maximum absolute atomic E-state index is 5.99. The summed E-state index contributed by atoms with van der Waals surface area (Å²) in [5.74, 6) is 2.09. The number of ether oxygens (including phenoxy) is 1. The van der Waals surface area contributed by atoms with E-state index in [1.807, 2.05) is 12.1 Å². The lowest BCUT2D eigenvalue weighted by molar-refractivity contribution is 0.397. The Bertz CT molecular complexity index is 560. The fraction of sp³-hybridized carbons (Fsp3) is 0.357. The number of pyridine rings is 1. The zero-order chi connectivity index (χ0) is 14.4. The highest BCUT2D eigenvalue weighted by molar-refractivity contribution is 6.29. The van der Waals surface area contributed by atoms with Gasteiger partial charge in [0, 0.05) is 31.3 Å². The summed E-state index contributed by atoms with van der Waals surface area (Å²) in [5.41, 5.74) is 1.04. The predicted molar refractivity (Wildman–Crippen MR) is 79.2 cm³/mol. The van der Waals surface area contributed by atoms with E-state index in [-0.39, 0.29) is 0 Å². The highest BCUT2D eigenvalue weighted by Crippen LogP contribution is 2.14. The minimum absolute atomic E-state index is 0.457. The summed E-state index contributed by atoms with van der Waals surface area (Å²) in [5, 5.41) is 3.68. The van der Waals surface area contributed by atoms with Gasteiger partial charge in [0.2, 0.25) is 5.88 Å². The van der Waals surface area contributed by atoms with Gasteiger partial charge in [-0.15, -0.1) is 0 Å². The van der Waals surface area contributed by atoms with E-state index < -0.39 is 0 Å². The first-order chi connectivity index (χ1) is 9.71. The van der Waals surface area contributed by atoms with Crippen molar-refractivity contribution in [3.63, 3.8) is 0 Å². The second kappa shape index (κ2) is 7.05. The van der Waals surface area contributed by atoms with Crippen LogP contribution in [-0.2, 0) is 13.0 Å². The zero-order valence-corrected chi connectivity index (χ0v) is 12.3. The lowest BCUT2D eigenvalue weighted by Crippen LogP contribution is -2.05. The number of anilines is 1. The van der Waals surface area contributed by atoms with E-state index in [1.54, 1.807) is 19.4 Å². The molecule has 2 rings (SSSR count). The van der Waals surface area contributed by atoms with Crippen LogP contribution in [0.2, 0.25) is 5.15 Å². The first-order valence-corrected chi connectivity index (χ1v) is 6.85. The quantitative estimate of drug-likeness (QED) is 0.829. The molecule has 0 bridgehead atoms. The van der Waals surface area contributed by atoms with Crippen molar-refractivity contribution in [1.82, 2.24) is 15.0 Å². The molecule has 0 saturated heterocycles. The van der Waals surface area contributed by atoms with Crippen molar-refractivity contribution >= 4 is 17.4 Å². The van der Waals surface area contributed by atoms with Gasteiger partial charge in [0.05, 0.1) is 7.11 Å². The average Bonchev–Trinajstić information content (AvgIpc) is 2.45. The van der Waals surface area contributed by atoms with E-state index in [2.05, 4.69) is 27.2 Å². The first kappa shape index (κ1) is 14.5. The minimum Gasteiger partial charge on any atom is -0.481 e. The minimum atomic E-state index is 0.457. The van der Waals surface area contributed by atoms with E-state index in [0.29, 0.717) is 17.6 Å². The van der Waals surface area contributed by atoms with Crippen LogP contribution >= 0.6 is 11.6 Å². The second-order valence-corrected chi connectivity index (χ2v) is 4.69. The smallest absolute Gasteiger partial charge is 0.212 e. The van der Waals surface area contributed by atoms with Crippen LogP contribution in [0.25, 0.3) is 0 Å². The van der Waals surface area contributed by atoms with Crippen LogP contribution in [0.3, 0.4) is 0 Å². The van der Waals surface area contributed by atoms with Crippen molar-refractivity contribution in [2.24, 2.45) is 0 Å².